The number of hydrogen-bond acceptors (Lipinski definition) is 6. The minimum Gasteiger partial charge on any atom is -0.508 e. The molecule has 5 N–H and O–H groups in total. The van der Waals surface area contributed by atoms with E-state index in [1.54, 1.807) is 48.5 Å². The molecule has 6 heteroatoms. The molecule has 0 aromatic heterocycles. The molecule has 0 bridgehead atoms. The van der Waals surface area contributed by atoms with E-state index in [0.717, 1.165) is 16.7 Å². The van der Waals surface area contributed by atoms with Gasteiger partial charge in [-0.2, -0.15) is 0 Å². The minimum atomic E-state index is -0.215. The van der Waals surface area contributed by atoms with Gasteiger partial charge in [0.25, 0.3) is 0 Å². The van der Waals surface area contributed by atoms with Crippen molar-refractivity contribution in [2.75, 3.05) is 0 Å². The van der Waals surface area contributed by atoms with Gasteiger partial charge in [-0.05, 0) is 90.4 Å². The van der Waals surface area contributed by atoms with E-state index in [9.17, 15) is 25.5 Å². The predicted octanol–water partition coefficient (Wildman–Crippen LogP) is 5.58. The van der Waals surface area contributed by atoms with E-state index < -0.39 is 0 Å². The molecule has 6 nitrogen and oxygen atoms in total. The zero-order valence-electron chi connectivity index (χ0n) is 18.5. The van der Waals surface area contributed by atoms with Crippen molar-refractivity contribution in [3.8, 4) is 40.2 Å². The number of hydrogen-bond donors (Lipinski definition) is 5. The van der Waals surface area contributed by atoms with Gasteiger partial charge >= 0.3 is 0 Å². The van der Waals surface area contributed by atoms with Crippen molar-refractivity contribution < 1.29 is 30.3 Å². The van der Waals surface area contributed by atoms with Gasteiger partial charge in [0, 0.05) is 12.1 Å². The molecule has 0 fully saturated rings. The van der Waals surface area contributed by atoms with E-state index >= 15 is 0 Å². The van der Waals surface area contributed by atoms with E-state index in [1.165, 1.54) is 12.1 Å². The zero-order valence-corrected chi connectivity index (χ0v) is 18.5. The van der Waals surface area contributed by atoms with Gasteiger partial charge in [-0.1, -0.05) is 24.3 Å². The molecule has 4 rings (SSSR count). The van der Waals surface area contributed by atoms with Crippen molar-refractivity contribution in [1.82, 2.24) is 0 Å². The van der Waals surface area contributed by atoms with Crippen LogP contribution in [0.5, 0.6) is 40.2 Å². The van der Waals surface area contributed by atoms with Crippen LogP contribution in [0.3, 0.4) is 0 Å². The Labute approximate surface area is 197 Å². The summed E-state index contributed by atoms with van der Waals surface area (Å²) < 4.78 is 5.87. The average molecular weight is 459 g/mol. The molecule has 0 heterocycles. The van der Waals surface area contributed by atoms with E-state index in [1.807, 2.05) is 18.2 Å². The van der Waals surface area contributed by atoms with Crippen LogP contribution in [0.4, 0.5) is 0 Å². The summed E-state index contributed by atoms with van der Waals surface area (Å²) in [5, 5.41) is 49.8. The summed E-state index contributed by atoms with van der Waals surface area (Å²) in [5.74, 6) is 0.705. The van der Waals surface area contributed by atoms with Gasteiger partial charge in [-0.3, -0.25) is 0 Å². The molecule has 0 radical (unpaired) electrons. The second kappa shape index (κ2) is 10.1. The molecule has 0 aliphatic heterocycles. The Morgan fingerprint density at radius 3 is 1.97 bits per heavy atom. The second-order valence-corrected chi connectivity index (χ2v) is 8.22. The molecule has 0 amide bonds. The highest BCUT2D eigenvalue weighted by Gasteiger charge is 2.13. The van der Waals surface area contributed by atoms with E-state index in [0.29, 0.717) is 37.0 Å². The Balaban J connectivity index is 1.48. The normalized spacial score (nSPS) is 10.8. The van der Waals surface area contributed by atoms with Crippen LogP contribution in [0.2, 0.25) is 0 Å². The molecule has 34 heavy (non-hydrogen) atoms. The standard InChI is InChI=1S/C28H26O6/c29-22-10-7-18(8-11-22)4-5-20-13-24(31)16-25(14-20)34-28-15-21(26(32)17-27(28)33)9-6-19-2-1-3-23(30)12-19/h1-3,7-8,10-17,29-33H,4-6,9H2. The lowest BCUT2D eigenvalue weighted by Crippen LogP contribution is -1.95. The largest absolute Gasteiger partial charge is 0.508 e. The third-order valence-electron chi connectivity index (χ3n) is 5.57. The first-order valence-corrected chi connectivity index (χ1v) is 11.0. The smallest absolute Gasteiger partial charge is 0.169 e. The van der Waals surface area contributed by atoms with Crippen molar-refractivity contribution >= 4 is 0 Å². The summed E-state index contributed by atoms with van der Waals surface area (Å²) in [5.41, 5.74) is 3.41. The third-order valence-corrected chi connectivity index (χ3v) is 5.57. The summed E-state index contributed by atoms with van der Waals surface area (Å²) in [6, 6.07) is 21.6. The van der Waals surface area contributed by atoms with Crippen LogP contribution in [0, 0.1) is 0 Å². The first kappa shape index (κ1) is 22.9. The van der Waals surface area contributed by atoms with Crippen molar-refractivity contribution in [3.63, 3.8) is 0 Å². The quantitative estimate of drug-likeness (QED) is 0.236. The Bertz CT molecular complexity index is 1280. The van der Waals surface area contributed by atoms with E-state index in [2.05, 4.69) is 0 Å². The molecule has 0 aliphatic carbocycles. The predicted molar refractivity (Wildman–Crippen MR) is 129 cm³/mol. The van der Waals surface area contributed by atoms with E-state index in [-0.39, 0.29) is 34.5 Å². The Morgan fingerprint density at radius 2 is 1.21 bits per heavy atom. The van der Waals surface area contributed by atoms with Crippen molar-refractivity contribution in [1.29, 1.82) is 0 Å². The maximum Gasteiger partial charge on any atom is 0.169 e. The van der Waals surface area contributed by atoms with Crippen LogP contribution in [0.15, 0.2) is 78.9 Å². The maximum absolute atomic E-state index is 10.3. The summed E-state index contributed by atoms with van der Waals surface area (Å²) in [6.07, 6.45) is 2.42. The van der Waals surface area contributed by atoms with Crippen molar-refractivity contribution in [2.24, 2.45) is 0 Å². The molecule has 0 unspecified atom stereocenters. The fourth-order valence-corrected chi connectivity index (χ4v) is 3.80. The topological polar surface area (TPSA) is 110 Å². The number of phenols is 5. The van der Waals surface area contributed by atoms with Crippen LogP contribution in [-0.2, 0) is 25.7 Å². The second-order valence-electron chi connectivity index (χ2n) is 8.22. The number of benzene rings is 4. The molecular weight excluding hydrogens is 432 g/mol. The summed E-state index contributed by atoms with van der Waals surface area (Å²) >= 11 is 0. The van der Waals surface area contributed by atoms with Crippen LogP contribution < -0.4 is 4.74 Å². The van der Waals surface area contributed by atoms with Gasteiger partial charge < -0.3 is 30.3 Å². The highest BCUT2D eigenvalue weighted by Crippen LogP contribution is 2.38. The number of aromatic hydroxyl groups is 5. The van der Waals surface area contributed by atoms with Crippen molar-refractivity contribution in [2.45, 2.75) is 25.7 Å². The first-order valence-electron chi connectivity index (χ1n) is 11.0. The fraction of sp³-hybridized carbons (Fsp3) is 0.143. The Morgan fingerprint density at radius 1 is 0.500 bits per heavy atom. The van der Waals surface area contributed by atoms with Gasteiger partial charge in [-0.15, -0.1) is 0 Å². The number of phenolic OH excluding ortho intramolecular Hbond substituents is 5. The fourth-order valence-electron chi connectivity index (χ4n) is 3.80. The van der Waals surface area contributed by atoms with Gasteiger partial charge in [0.2, 0.25) is 0 Å². The van der Waals surface area contributed by atoms with Crippen molar-refractivity contribution in [3.05, 3.63) is 101 Å². The third kappa shape index (κ3) is 5.92. The number of aryl methyl sites for hydroxylation is 4. The van der Waals surface area contributed by atoms with Gasteiger partial charge in [-0.25, -0.2) is 0 Å². The number of rotatable bonds is 8. The molecule has 4 aromatic carbocycles. The summed E-state index contributed by atoms with van der Waals surface area (Å²) in [7, 11) is 0. The maximum atomic E-state index is 10.3. The van der Waals surface area contributed by atoms with Gasteiger partial charge in [0.15, 0.2) is 11.5 Å². The minimum absolute atomic E-state index is 0.0422. The molecule has 0 spiro atoms. The van der Waals surface area contributed by atoms with Crippen LogP contribution >= 0.6 is 0 Å². The monoisotopic (exact) mass is 458 g/mol. The van der Waals surface area contributed by atoms with Crippen LogP contribution in [0.25, 0.3) is 0 Å². The molecule has 0 atom stereocenters. The molecule has 174 valence electrons. The Hall–Kier alpha value is -4.32. The highest BCUT2D eigenvalue weighted by atomic mass is 16.5. The Kier molecular flexibility index (Phi) is 6.78. The molecule has 0 aliphatic rings. The van der Waals surface area contributed by atoms with Gasteiger partial charge in [0.1, 0.15) is 28.7 Å². The molecular formula is C28H26O6. The lowest BCUT2D eigenvalue weighted by atomic mass is 10.0. The lowest BCUT2D eigenvalue weighted by molar-refractivity contribution is 0.398. The molecule has 4 aromatic rings. The molecule has 0 saturated carbocycles. The average Bonchev–Trinajstić information content (AvgIpc) is 2.79. The van der Waals surface area contributed by atoms with Crippen LogP contribution in [0.1, 0.15) is 22.3 Å². The van der Waals surface area contributed by atoms with E-state index in [4.69, 9.17) is 4.74 Å². The number of ether oxygens (including phenoxy) is 1. The van der Waals surface area contributed by atoms with Crippen LogP contribution in [-0.4, -0.2) is 25.5 Å². The first-order chi connectivity index (χ1) is 16.4. The zero-order chi connectivity index (χ0) is 24.1. The summed E-state index contributed by atoms with van der Waals surface area (Å²) in [4.78, 5) is 0. The highest BCUT2D eigenvalue weighted by molar-refractivity contribution is 5.52. The SMILES string of the molecule is Oc1ccc(CCc2cc(O)cc(Oc3cc(CCc4cccc(O)c4)c(O)cc3O)c2)cc1. The lowest BCUT2D eigenvalue weighted by Gasteiger charge is -2.13. The van der Waals surface area contributed by atoms with Gasteiger partial charge in [0.05, 0.1) is 0 Å². The molecule has 0 saturated heterocycles. The summed E-state index contributed by atoms with van der Waals surface area (Å²) in [6.45, 7) is 0.